The Balaban J connectivity index is 3.75. The number of ketones is 1. The lowest BCUT2D eigenvalue weighted by atomic mass is 10.3. The maximum Gasteiger partial charge on any atom is 0.154 e. The van der Waals surface area contributed by atoms with Crippen LogP contribution in [0.3, 0.4) is 0 Å². The number of hydrogen-bond donors (Lipinski definition) is 2. The summed E-state index contributed by atoms with van der Waals surface area (Å²) in [7, 11) is 0. The van der Waals surface area contributed by atoms with E-state index in [4.69, 9.17) is 5.21 Å². The van der Waals surface area contributed by atoms with Gasteiger partial charge in [0.2, 0.25) is 0 Å². The average molecular weight is 115 g/mol. The lowest BCUT2D eigenvalue weighted by Gasteiger charge is -1.91. The fraction of sp³-hybridized carbons (Fsp3) is 0.400. The van der Waals surface area contributed by atoms with Crippen molar-refractivity contribution in [3.05, 3.63) is 11.8 Å². The van der Waals surface area contributed by atoms with Gasteiger partial charge in [-0.25, -0.2) is 0 Å². The van der Waals surface area contributed by atoms with Crippen LogP contribution in [0.15, 0.2) is 11.8 Å². The number of hydroxylamine groups is 1. The van der Waals surface area contributed by atoms with Crippen molar-refractivity contribution in [2.45, 2.75) is 13.8 Å². The number of allylic oxidation sites excluding steroid dienone is 2. The Morgan fingerprint density at radius 1 is 1.62 bits per heavy atom. The summed E-state index contributed by atoms with van der Waals surface area (Å²) in [4.78, 5) is 10.2. The number of rotatable bonds is 2. The highest BCUT2D eigenvalue weighted by molar-refractivity contribution is 5.87. The third-order valence-corrected chi connectivity index (χ3v) is 0.596. The zero-order valence-electron chi connectivity index (χ0n) is 4.93. The molecule has 2 N–H and O–H groups in total. The van der Waals surface area contributed by atoms with E-state index in [0.29, 0.717) is 5.70 Å². The van der Waals surface area contributed by atoms with E-state index in [2.05, 4.69) is 0 Å². The first-order valence-corrected chi connectivity index (χ1v) is 2.26. The van der Waals surface area contributed by atoms with Crippen LogP contribution >= 0.6 is 0 Å². The predicted octanol–water partition coefficient (Wildman–Crippen LogP) is 0.458. The summed E-state index contributed by atoms with van der Waals surface area (Å²) in [5.41, 5.74) is 2.29. The first-order chi connectivity index (χ1) is 3.66. The maximum atomic E-state index is 10.2. The largest absolute Gasteiger partial charge is 0.295 e. The van der Waals surface area contributed by atoms with Crippen LogP contribution in [0.25, 0.3) is 0 Å². The highest BCUT2D eigenvalue weighted by Gasteiger charge is 1.85. The second-order valence-electron chi connectivity index (χ2n) is 1.55. The SMILES string of the molecule is CC(=O)/C=C(/C)NO. The van der Waals surface area contributed by atoms with Gasteiger partial charge in [0.1, 0.15) is 0 Å². The molecule has 0 unspecified atom stereocenters. The molecule has 0 heterocycles. The van der Waals surface area contributed by atoms with E-state index in [1.165, 1.54) is 13.0 Å². The summed E-state index contributed by atoms with van der Waals surface area (Å²) >= 11 is 0. The second-order valence-corrected chi connectivity index (χ2v) is 1.55. The molecule has 0 saturated heterocycles. The number of hydrogen-bond acceptors (Lipinski definition) is 3. The maximum absolute atomic E-state index is 10.2. The van der Waals surface area contributed by atoms with Gasteiger partial charge in [-0.1, -0.05) is 0 Å². The third-order valence-electron chi connectivity index (χ3n) is 0.596. The number of carbonyl (C=O) groups excluding carboxylic acids is 1. The highest BCUT2D eigenvalue weighted by atomic mass is 16.5. The van der Waals surface area contributed by atoms with Crippen LogP contribution in [-0.2, 0) is 4.79 Å². The minimum Gasteiger partial charge on any atom is -0.295 e. The lowest BCUT2D eigenvalue weighted by molar-refractivity contribution is -0.112. The molecule has 0 saturated carbocycles. The molecule has 46 valence electrons. The molecule has 0 spiro atoms. The fourth-order valence-electron chi connectivity index (χ4n) is 0.337. The van der Waals surface area contributed by atoms with Gasteiger partial charge in [0.15, 0.2) is 5.78 Å². The van der Waals surface area contributed by atoms with Crippen LogP contribution in [0.5, 0.6) is 0 Å². The summed E-state index contributed by atoms with van der Waals surface area (Å²) in [6, 6.07) is 0. The molecule has 0 amide bonds. The molecule has 0 aromatic carbocycles. The number of carbonyl (C=O) groups is 1. The van der Waals surface area contributed by atoms with Crippen molar-refractivity contribution in [3.8, 4) is 0 Å². The Kier molecular flexibility index (Phi) is 2.88. The van der Waals surface area contributed by atoms with Gasteiger partial charge in [-0.15, -0.1) is 0 Å². The fourth-order valence-corrected chi connectivity index (χ4v) is 0.337. The molecular formula is C5H9NO2. The minimum atomic E-state index is -0.0796. The first kappa shape index (κ1) is 7.17. The molecule has 0 aliphatic carbocycles. The van der Waals surface area contributed by atoms with Crippen LogP contribution in [0.1, 0.15) is 13.8 Å². The smallest absolute Gasteiger partial charge is 0.154 e. The Bertz CT molecular complexity index is 118. The van der Waals surface area contributed by atoms with Crippen molar-refractivity contribution in [2.24, 2.45) is 0 Å². The van der Waals surface area contributed by atoms with Gasteiger partial charge < -0.3 is 0 Å². The van der Waals surface area contributed by atoms with E-state index in [1.54, 1.807) is 6.92 Å². The molecule has 0 rings (SSSR count). The summed E-state index contributed by atoms with van der Waals surface area (Å²) in [5.74, 6) is -0.0796. The van der Waals surface area contributed by atoms with Crippen molar-refractivity contribution < 1.29 is 10.0 Å². The van der Waals surface area contributed by atoms with E-state index >= 15 is 0 Å². The summed E-state index contributed by atoms with van der Waals surface area (Å²) in [5, 5.41) is 8.11. The zero-order valence-corrected chi connectivity index (χ0v) is 4.93. The van der Waals surface area contributed by atoms with Gasteiger partial charge in [-0.3, -0.25) is 15.5 Å². The molecule has 3 heteroatoms. The molecule has 0 aromatic heterocycles. The topological polar surface area (TPSA) is 49.3 Å². The molecule has 0 radical (unpaired) electrons. The normalized spacial score (nSPS) is 11.1. The van der Waals surface area contributed by atoms with E-state index in [1.807, 2.05) is 5.48 Å². The molecule has 0 bridgehead atoms. The van der Waals surface area contributed by atoms with Crippen molar-refractivity contribution in [1.82, 2.24) is 5.48 Å². The van der Waals surface area contributed by atoms with Crippen LogP contribution in [-0.4, -0.2) is 11.0 Å². The van der Waals surface area contributed by atoms with Crippen molar-refractivity contribution >= 4 is 5.78 Å². The van der Waals surface area contributed by atoms with E-state index in [-0.39, 0.29) is 5.78 Å². The molecule has 0 aliphatic rings. The molecule has 0 aliphatic heterocycles. The Morgan fingerprint density at radius 2 is 2.12 bits per heavy atom. The lowest BCUT2D eigenvalue weighted by Crippen LogP contribution is -2.04. The van der Waals surface area contributed by atoms with Crippen LogP contribution in [0, 0.1) is 0 Å². The van der Waals surface area contributed by atoms with Gasteiger partial charge in [0, 0.05) is 11.8 Å². The van der Waals surface area contributed by atoms with Crippen LogP contribution < -0.4 is 5.48 Å². The van der Waals surface area contributed by atoms with Crippen molar-refractivity contribution in [3.63, 3.8) is 0 Å². The molecule has 0 fully saturated rings. The highest BCUT2D eigenvalue weighted by Crippen LogP contribution is 1.82. The van der Waals surface area contributed by atoms with Gasteiger partial charge in [0.25, 0.3) is 0 Å². The van der Waals surface area contributed by atoms with E-state index in [9.17, 15) is 4.79 Å². The Labute approximate surface area is 48.0 Å². The second kappa shape index (κ2) is 3.21. The first-order valence-electron chi connectivity index (χ1n) is 2.26. The quantitative estimate of drug-likeness (QED) is 0.406. The van der Waals surface area contributed by atoms with Crippen molar-refractivity contribution in [1.29, 1.82) is 0 Å². The standard InChI is InChI=1S/C5H9NO2/c1-4(6-8)3-5(2)7/h3,6,8H,1-2H3/b4-3-. The van der Waals surface area contributed by atoms with Gasteiger partial charge in [-0.05, 0) is 13.8 Å². The molecule has 8 heavy (non-hydrogen) atoms. The number of nitrogens with one attached hydrogen (secondary N) is 1. The molecule has 0 aromatic rings. The Morgan fingerprint density at radius 3 is 2.25 bits per heavy atom. The van der Waals surface area contributed by atoms with E-state index < -0.39 is 0 Å². The summed E-state index contributed by atoms with van der Waals surface area (Å²) in [6.45, 7) is 3.02. The monoisotopic (exact) mass is 115 g/mol. The Hall–Kier alpha value is -0.830. The predicted molar refractivity (Wildman–Crippen MR) is 29.4 cm³/mol. The zero-order chi connectivity index (χ0) is 6.57. The minimum absolute atomic E-state index is 0.0796. The molecule has 0 atom stereocenters. The van der Waals surface area contributed by atoms with E-state index in [0.717, 1.165) is 0 Å². The summed E-state index contributed by atoms with van der Waals surface area (Å²) < 4.78 is 0. The van der Waals surface area contributed by atoms with Crippen LogP contribution in [0.2, 0.25) is 0 Å². The molecule has 3 nitrogen and oxygen atoms in total. The van der Waals surface area contributed by atoms with Crippen molar-refractivity contribution in [2.75, 3.05) is 0 Å². The summed E-state index contributed by atoms with van der Waals surface area (Å²) in [6.07, 6.45) is 1.31. The van der Waals surface area contributed by atoms with Gasteiger partial charge in [-0.2, -0.15) is 0 Å². The van der Waals surface area contributed by atoms with Gasteiger partial charge in [0.05, 0.1) is 0 Å². The third kappa shape index (κ3) is 3.36. The molecular weight excluding hydrogens is 106 g/mol. The average Bonchev–Trinajstić information content (AvgIpc) is 1.65. The van der Waals surface area contributed by atoms with Gasteiger partial charge >= 0.3 is 0 Å². The van der Waals surface area contributed by atoms with Crippen LogP contribution in [0.4, 0.5) is 0 Å².